The van der Waals surface area contributed by atoms with E-state index in [2.05, 4.69) is 18.3 Å². The normalized spacial score (nSPS) is 10.6. The highest BCUT2D eigenvalue weighted by atomic mass is 16.6. The van der Waals surface area contributed by atoms with E-state index in [-0.39, 0.29) is 0 Å². The summed E-state index contributed by atoms with van der Waals surface area (Å²) in [7, 11) is 0. The molecule has 1 radical (unpaired) electrons. The van der Waals surface area contributed by atoms with Crippen LogP contribution in [-0.4, -0.2) is 0 Å². The number of hydrogen-bond acceptors (Lipinski definition) is 3. The van der Waals surface area contributed by atoms with Gasteiger partial charge in [-0.05, 0) is 6.42 Å². The predicted molar refractivity (Wildman–Crippen MR) is 49.5 cm³/mol. The summed E-state index contributed by atoms with van der Waals surface area (Å²) in [6.45, 7) is 5.74. The molecule has 73 valence electrons. The third-order valence-corrected chi connectivity index (χ3v) is 1.98. The second-order valence-corrected chi connectivity index (χ2v) is 3.11. The molecular weight excluding hydrogens is 168 g/mol. The molecule has 0 amide bonds. The third kappa shape index (κ3) is 3.09. The van der Waals surface area contributed by atoms with E-state index in [0.29, 0.717) is 11.5 Å². The molecule has 0 saturated carbocycles. The zero-order valence-corrected chi connectivity index (χ0v) is 7.97. The van der Waals surface area contributed by atoms with Gasteiger partial charge in [0.05, 0.1) is 0 Å². The zero-order chi connectivity index (χ0) is 9.68. The van der Waals surface area contributed by atoms with E-state index in [0.717, 1.165) is 19.3 Å². The molecule has 0 unspecified atom stereocenters. The van der Waals surface area contributed by atoms with Crippen molar-refractivity contribution in [1.82, 2.24) is 0 Å². The summed E-state index contributed by atoms with van der Waals surface area (Å²) < 4.78 is 9.45. The standard InChI is InChI=1S/C10H15O3/c1-3-4-5-6-7-9-8(2)12-10(11)13-9/h2-7H2,1H3. The predicted octanol–water partition coefficient (Wildman–Crippen LogP) is 2.54. The Kier molecular flexibility index (Phi) is 3.80. The Morgan fingerprint density at radius 2 is 2.00 bits per heavy atom. The lowest BCUT2D eigenvalue weighted by atomic mass is 10.1. The van der Waals surface area contributed by atoms with Crippen LogP contribution in [0.1, 0.15) is 44.1 Å². The van der Waals surface area contributed by atoms with Crippen molar-refractivity contribution >= 4 is 0 Å². The fraction of sp³-hybridized carbons (Fsp3) is 0.600. The smallest absolute Gasteiger partial charge is 0.396 e. The molecule has 0 atom stereocenters. The van der Waals surface area contributed by atoms with E-state index in [1.165, 1.54) is 12.8 Å². The molecule has 0 aromatic carbocycles. The quantitative estimate of drug-likeness (QED) is 0.659. The Labute approximate surface area is 77.7 Å². The van der Waals surface area contributed by atoms with Gasteiger partial charge in [0, 0.05) is 13.3 Å². The van der Waals surface area contributed by atoms with Gasteiger partial charge in [-0.25, -0.2) is 4.79 Å². The van der Waals surface area contributed by atoms with Crippen molar-refractivity contribution in [3.05, 3.63) is 29.1 Å². The summed E-state index contributed by atoms with van der Waals surface area (Å²) in [4.78, 5) is 10.6. The molecule has 0 fully saturated rings. The average Bonchev–Trinajstić information content (AvgIpc) is 2.39. The fourth-order valence-corrected chi connectivity index (χ4v) is 1.24. The molecule has 13 heavy (non-hydrogen) atoms. The van der Waals surface area contributed by atoms with E-state index in [1.807, 2.05) is 0 Å². The van der Waals surface area contributed by atoms with Crippen LogP contribution >= 0.6 is 0 Å². The van der Waals surface area contributed by atoms with Crippen molar-refractivity contribution in [2.45, 2.75) is 39.0 Å². The van der Waals surface area contributed by atoms with Crippen LogP contribution in [0.15, 0.2) is 13.6 Å². The first-order chi connectivity index (χ1) is 6.24. The maximum Gasteiger partial charge on any atom is 0.519 e. The van der Waals surface area contributed by atoms with Gasteiger partial charge in [-0.3, -0.25) is 0 Å². The topological polar surface area (TPSA) is 43.4 Å². The first kappa shape index (κ1) is 10.1. The molecule has 0 aliphatic heterocycles. The lowest BCUT2D eigenvalue weighted by Gasteiger charge is -1.95. The molecular formula is C10H15O3. The van der Waals surface area contributed by atoms with Crippen molar-refractivity contribution < 1.29 is 8.83 Å². The molecule has 0 bridgehead atoms. The van der Waals surface area contributed by atoms with Gasteiger partial charge >= 0.3 is 5.82 Å². The number of hydrogen-bond donors (Lipinski definition) is 0. The largest absolute Gasteiger partial charge is 0.519 e. The summed E-state index contributed by atoms with van der Waals surface area (Å²) >= 11 is 0. The Morgan fingerprint density at radius 1 is 1.23 bits per heavy atom. The van der Waals surface area contributed by atoms with Crippen LogP contribution in [0.2, 0.25) is 0 Å². The van der Waals surface area contributed by atoms with Gasteiger partial charge < -0.3 is 8.83 Å². The highest BCUT2D eigenvalue weighted by Gasteiger charge is 2.06. The molecule has 1 rings (SSSR count). The second kappa shape index (κ2) is 4.90. The Balaban J connectivity index is 2.36. The molecule has 0 saturated heterocycles. The maximum atomic E-state index is 10.6. The van der Waals surface area contributed by atoms with E-state index in [9.17, 15) is 4.79 Å². The van der Waals surface area contributed by atoms with Crippen LogP contribution in [0.4, 0.5) is 0 Å². The van der Waals surface area contributed by atoms with Crippen molar-refractivity contribution in [1.29, 1.82) is 0 Å². The number of aryl methyl sites for hydroxylation is 1. The average molecular weight is 183 g/mol. The molecule has 1 aromatic rings. The monoisotopic (exact) mass is 183 g/mol. The summed E-state index contributed by atoms with van der Waals surface area (Å²) in [6, 6.07) is 0. The molecule has 1 aromatic heterocycles. The van der Waals surface area contributed by atoms with Crippen LogP contribution < -0.4 is 5.82 Å². The minimum Gasteiger partial charge on any atom is -0.396 e. The van der Waals surface area contributed by atoms with Crippen LogP contribution in [0.3, 0.4) is 0 Å². The summed E-state index contributed by atoms with van der Waals surface area (Å²) in [6.07, 6.45) is 5.36. The molecule has 0 aliphatic rings. The summed E-state index contributed by atoms with van der Waals surface area (Å²) in [5, 5.41) is 0. The van der Waals surface area contributed by atoms with Gasteiger partial charge in [-0.1, -0.05) is 26.2 Å². The first-order valence-corrected chi connectivity index (χ1v) is 4.68. The van der Waals surface area contributed by atoms with Gasteiger partial charge in [-0.2, -0.15) is 0 Å². The van der Waals surface area contributed by atoms with Crippen molar-refractivity contribution in [2.75, 3.05) is 0 Å². The van der Waals surface area contributed by atoms with Gasteiger partial charge in [-0.15, -0.1) is 0 Å². The Hall–Kier alpha value is -0.990. The molecule has 0 N–H and O–H groups in total. The summed E-state index contributed by atoms with van der Waals surface area (Å²) in [5.41, 5.74) is 0. The molecule has 0 spiro atoms. The van der Waals surface area contributed by atoms with Crippen LogP contribution in [0, 0.1) is 6.92 Å². The van der Waals surface area contributed by atoms with E-state index >= 15 is 0 Å². The van der Waals surface area contributed by atoms with Crippen LogP contribution in [0.25, 0.3) is 0 Å². The van der Waals surface area contributed by atoms with Gasteiger partial charge in [0.15, 0.2) is 5.76 Å². The van der Waals surface area contributed by atoms with E-state index in [1.54, 1.807) is 0 Å². The lowest BCUT2D eigenvalue weighted by molar-refractivity contribution is 0.369. The molecule has 1 heterocycles. The zero-order valence-electron chi connectivity index (χ0n) is 7.97. The van der Waals surface area contributed by atoms with Crippen LogP contribution in [-0.2, 0) is 6.42 Å². The van der Waals surface area contributed by atoms with Gasteiger partial charge in [0.25, 0.3) is 0 Å². The Morgan fingerprint density at radius 3 is 2.54 bits per heavy atom. The molecule has 3 heteroatoms. The lowest BCUT2D eigenvalue weighted by Crippen LogP contribution is -1.88. The van der Waals surface area contributed by atoms with E-state index in [4.69, 9.17) is 4.42 Å². The van der Waals surface area contributed by atoms with E-state index < -0.39 is 5.82 Å². The number of unbranched alkanes of at least 4 members (excludes halogenated alkanes) is 3. The minimum atomic E-state index is -0.643. The number of rotatable bonds is 5. The SMILES string of the molecule is [CH2]c1oc(=O)oc1CCCCCC. The Bertz CT molecular complexity index is 295. The van der Waals surface area contributed by atoms with Crippen molar-refractivity contribution in [3.8, 4) is 0 Å². The molecule has 0 aliphatic carbocycles. The maximum absolute atomic E-state index is 10.6. The van der Waals surface area contributed by atoms with Crippen LogP contribution in [0.5, 0.6) is 0 Å². The fourth-order valence-electron chi connectivity index (χ4n) is 1.24. The van der Waals surface area contributed by atoms with Crippen molar-refractivity contribution in [2.24, 2.45) is 0 Å². The third-order valence-electron chi connectivity index (χ3n) is 1.98. The van der Waals surface area contributed by atoms with Crippen molar-refractivity contribution in [3.63, 3.8) is 0 Å². The summed E-state index contributed by atoms with van der Waals surface area (Å²) in [5.74, 6) is 0.332. The highest BCUT2D eigenvalue weighted by molar-refractivity contribution is 5.06. The second-order valence-electron chi connectivity index (χ2n) is 3.11. The molecule has 3 nitrogen and oxygen atoms in total. The highest BCUT2D eigenvalue weighted by Crippen LogP contribution is 2.10. The minimum absolute atomic E-state index is 0.376. The van der Waals surface area contributed by atoms with Gasteiger partial charge in [0.2, 0.25) is 0 Å². The van der Waals surface area contributed by atoms with Gasteiger partial charge in [0.1, 0.15) is 5.76 Å². The first-order valence-electron chi connectivity index (χ1n) is 4.68.